The number of pyridine rings is 1. The summed E-state index contributed by atoms with van der Waals surface area (Å²) in [5.74, 6) is -1.37. The summed E-state index contributed by atoms with van der Waals surface area (Å²) in [4.78, 5) is 34.8. The van der Waals surface area contributed by atoms with Gasteiger partial charge in [-0.05, 0) is 30.4 Å². The van der Waals surface area contributed by atoms with Crippen LogP contribution < -0.4 is 0 Å². The fourth-order valence-electron chi connectivity index (χ4n) is 3.99. The number of methoxy groups -OCH3 is 1. The minimum atomic E-state index is -0.630. The predicted octanol–water partition coefficient (Wildman–Crippen LogP) is 3.09. The number of ether oxygens (including phenoxy) is 2. The third kappa shape index (κ3) is 4.00. The number of Topliss-reactive ketones (excluding diaryl/α,β-unsaturated/α-hetero) is 1. The SMILES string of the molecule is COCCOC(=O)C1C(C)=NC2=C(C(=O)CC(C)(C)C2)[C@H]1c1cccnc1. The molecule has 2 heterocycles. The van der Waals surface area contributed by atoms with Crippen molar-refractivity contribution in [1.82, 2.24) is 4.98 Å². The number of carbonyl (C=O) groups excluding carboxylic acids is 2. The van der Waals surface area contributed by atoms with E-state index in [1.165, 1.54) is 0 Å². The minimum absolute atomic E-state index is 0.0565. The van der Waals surface area contributed by atoms with Gasteiger partial charge in [-0.3, -0.25) is 19.6 Å². The summed E-state index contributed by atoms with van der Waals surface area (Å²) in [6, 6.07) is 3.73. The Balaban J connectivity index is 2.05. The van der Waals surface area contributed by atoms with Gasteiger partial charge in [-0.2, -0.15) is 0 Å². The topological polar surface area (TPSA) is 77.9 Å². The number of aromatic nitrogens is 1. The number of hydrogen-bond donors (Lipinski definition) is 0. The Morgan fingerprint density at radius 1 is 1.30 bits per heavy atom. The van der Waals surface area contributed by atoms with Crippen LogP contribution >= 0.6 is 0 Å². The van der Waals surface area contributed by atoms with Gasteiger partial charge in [0.15, 0.2) is 5.78 Å². The Bertz CT molecular complexity index is 796. The van der Waals surface area contributed by atoms with Gasteiger partial charge in [0.2, 0.25) is 0 Å². The van der Waals surface area contributed by atoms with Crippen molar-refractivity contribution in [1.29, 1.82) is 0 Å². The second kappa shape index (κ2) is 7.72. The van der Waals surface area contributed by atoms with Crippen LogP contribution in [0.5, 0.6) is 0 Å². The summed E-state index contributed by atoms with van der Waals surface area (Å²) < 4.78 is 10.4. The summed E-state index contributed by atoms with van der Waals surface area (Å²) in [6.45, 7) is 6.48. The molecular formula is C21H26N2O4. The highest BCUT2D eigenvalue weighted by Crippen LogP contribution is 2.47. The fraction of sp³-hybridized carbons (Fsp3) is 0.524. The van der Waals surface area contributed by atoms with Crippen LogP contribution in [0, 0.1) is 11.3 Å². The molecule has 0 spiro atoms. The predicted molar refractivity (Wildman–Crippen MR) is 101 cm³/mol. The Labute approximate surface area is 159 Å². The number of aliphatic imine (C=N–C) groups is 1. The lowest BCUT2D eigenvalue weighted by molar-refractivity contribution is -0.147. The molecule has 1 aliphatic heterocycles. The monoisotopic (exact) mass is 370 g/mol. The quantitative estimate of drug-likeness (QED) is 0.588. The lowest BCUT2D eigenvalue weighted by atomic mass is 9.67. The van der Waals surface area contributed by atoms with Crippen molar-refractivity contribution in [2.45, 2.75) is 39.5 Å². The fourth-order valence-corrected chi connectivity index (χ4v) is 3.99. The van der Waals surface area contributed by atoms with Gasteiger partial charge in [-0.15, -0.1) is 0 Å². The Hall–Kier alpha value is -2.34. The summed E-state index contributed by atoms with van der Waals surface area (Å²) >= 11 is 0. The summed E-state index contributed by atoms with van der Waals surface area (Å²) in [7, 11) is 1.55. The first kappa shape index (κ1) is 19.4. The standard InChI is InChI=1S/C21H26N2O4/c1-13-17(20(25)27-9-8-26-4)18(14-6-5-7-22-12-14)19-15(23-13)10-21(2,3)11-16(19)24/h5-7,12,17-18H,8-11H2,1-4H3/t17?,18-/m0/s1. The molecule has 0 aromatic carbocycles. The molecule has 0 saturated carbocycles. The second-order valence-electron chi connectivity index (χ2n) is 7.96. The Kier molecular flexibility index (Phi) is 5.56. The van der Waals surface area contributed by atoms with Gasteiger partial charge < -0.3 is 9.47 Å². The van der Waals surface area contributed by atoms with Gasteiger partial charge >= 0.3 is 5.97 Å². The number of esters is 1. The molecule has 0 fully saturated rings. The van der Waals surface area contributed by atoms with Gasteiger partial charge in [0.1, 0.15) is 12.5 Å². The molecule has 144 valence electrons. The van der Waals surface area contributed by atoms with Crippen LogP contribution in [0.15, 0.2) is 40.8 Å². The third-order valence-electron chi connectivity index (χ3n) is 5.13. The van der Waals surface area contributed by atoms with E-state index in [2.05, 4.69) is 23.8 Å². The third-order valence-corrected chi connectivity index (χ3v) is 5.13. The van der Waals surface area contributed by atoms with E-state index in [9.17, 15) is 9.59 Å². The highest BCUT2D eigenvalue weighted by molar-refractivity contribution is 6.09. The highest BCUT2D eigenvalue weighted by atomic mass is 16.6. The van der Waals surface area contributed by atoms with Crippen LogP contribution in [-0.4, -0.2) is 42.8 Å². The highest BCUT2D eigenvalue weighted by Gasteiger charge is 2.46. The van der Waals surface area contributed by atoms with Crippen LogP contribution in [0.2, 0.25) is 0 Å². The van der Waals surface area contributed by atoms with Gasteiger partial charge in [-0.1, -0.05) is 19.9 Å². The molecule has 6 nitrogen and oxygen atoms in total. The van der Waals surface area contributed by atoms with Crippen molar-refractivity contribution in [2.75, 3.05) is 20.3 Å². The lowest BCUT2D eigenvalue weighted by Crippen LogP contribution is -2.39. The van der Waals surface area contributed by atoms with E-state index in [0.29, 0.717) is 30.7 Å². The van der Waals surface area contributed by atoms with Gasteiger partial charge in [-0.25, -0.2) is 0 Å². The largest absolute Gasteiger partial charge is 0.463 e. The molecule has 2 atom stereocenters. The molecule has 27 heavy (non-hydrogen) atoms. The van der Waals surface area contributed by atoms with Crippen molar-refractivity contribution in [3.8, 4) is 0 Å². The van der Waals surface area contributed by atoms with E-state index in [1.54, 1.807) is 19.5 Å². The first-order valence-electron chi connectivity index (χ1n) is 9.21. The van der Waals surface area contributed by atoms with Crippen LogP contribution in [0.1, 0.15) is 45.1 Å². The van der Waals surface area contributed by atoms with Gasteiger partial charge in [0, 0.05) is 48.8 Å². The van der Waals surface area contributed by atoms with Crippen molar-refractivity contribution in [2.24, 2.45) is 16.3 Å². The van der Waals surface area contributed by atoms with E-state index < -0.39 is 11.8 Å². The number of ketones is 1. The number of hydrogen-bond acceptors (Lipinski definition) is 6. The average molecular weight is 370 g/mol. The zero-order chi connectivity index (χ0) is 19.6. The van der Waals surface area contributed by atoms with Crippen LogP contribution in [-0.2, 0) is 19.1 Å². The van der Waals surface area contributed by atoms with Gasteiger partial charge in [0.05, 0.1) is 6.61 Å². The first-order chi connectivity index (χ1) is 12.8. The van der Waals surface area contributed by atoms with Crippen molar-refractivity contribution >= 4 is 17.5 Å². The maximum atomic E-state index is 13.0. The zero-order valence-corrected chi connectivity index (χ0v) is 16.3. The molecule has 1 unspecified atom stereocenters. The normalized spacial score (nSPS) is 24.3. The summed E-state index contributed by atoms with van der Waals surface area (Å²) in [6.07, 6.45) is 4.56. The molecule has 0 radical (unpaired) electrons. The first-order valence-corrected chi connectivity index (χ1v) is 9.21. The van der Waals surface area contributed by atoms with E-state index in [-0.39, 0.29) is 23.8 Å². The van der Waals surface area contributed by atoms with Crippen LogP contribution in [0.3, 0.4) is 0 Å². The maximum absolute atomic E-state index is 13.0. The molecular weight excluding hydrogens is 344 g/mol. The molecule has 0 bridgehead atoms. The number of nitrogens with zero attached hydrogens (tertiary/aromatic N) is 2. The van der Waals surface area contributed by atoms with E-state index in [4.69, 9.17) is 9.47 Å². The molecule has 3 rings (SSSR count). The van der Waals surface area contributed by atoms with Crippen LogP contribution in [0.4, 0.5) is 0 Å². The van der Waals surface area contributed by atoms with Crippen LogP contribution in [0.25, 0.3) is 0 Å². The number of allylic oxidation sites excluding steroid dienone is 2. The lowest BCUT2D eigenvalue weighted by Gasteiger charge is -2.38. The molecule has 1 aromatic heterocycles. The molecule has 0 N–H and O–H groups in total. The van der Waals surface area contributed by atoms with Crippen molar-refractivity contribution in [3.63, 3.8) is 0 Å². The average Bonchev–Trinajstić information content (AvgIpc) is 2.60. The zero-order valence-electron chi connectivity index (χ0n) is 16.3. The van der Waals surface area contributed by atoms with Crippen molar-refractivity contribution < 1.29 is 19.1 Å². The molecule has 2 aliphatic rings. The van der Waals surface area contributed by atoms with E-state index in [0.717, 1.165) is 11.3 Å². The number of carbonyl (C=O) groups is 2. The Morgan fingerprint density at radius 3 is 2.74 bits per heavy atom. The summed E-state index contributed by atoms with van der Waals surface area (Å²) in [5.41, 5.74) is 2.81. The van der Waals surface area contributed by atoms with Crippen molar-refractivity contribution in [3.05, 3.63) is 41.4 Å². The molecule has 0 saturated heterocycles. The molecule has 1 aromatic rings. The minimum Gasteiger partial charge on any atom is -0.463 e. The molecule has 6 heteroatoms. The molecule has 0 amide bonds. The summed E-state index contributed by atoms with van der Waals surface area (Å²) in [5, 5.41) is 0. The Morgan fingerprint density at radius 2 is 2.07 bits per heavy atom. The van der Waals surface area contributed by atoms with Gasteiger partial charge in [0.25, 0.3) is 0 Å². The second-order valence-corrected chi connectivity index (χ2v) is 7.96. The van der Waals surface area contributed by atoms with E-state index >= 15 is 0 Å². The smallest absolute Gasteiger partial charge is 0.315 e. The maximum Gasteiger partial charge on any atom is 0.315 e. The van der Waals surface area contributed by atoms with E-state index in [1.807, 2.05) is 19.1 Å². The number of rotatable bonds is 5. The molecule has 1 aliphatic carbocycles.